The second-order valence-electron chi connectivity index (χ2n) is 4.13. The average molecular weight is 294 g/mol. The van der Waals surface area contributed by atoms with Crippen LogP contribution in [0, 0.1) is 12.7 Å². The summed E-state index contributed by atoms with van der Waals surface area (Å²) in [6, 6.07) is 6.23. The monoisotopic (exact) mass is 294 g/mol. The number of anilines is 1. The Morgan fingerprint density at radius 2 is 2.10 bits per heavy atom. The highest BCUT2D eigenvalue weighted by Gasteiger charge is 2.15. The van der Waals surface area contributed by atoms with E-state index in [4.69, 9.17) is 4.74 Å². The normalized spacial score (nSPS) is 10.3. The molecule has 0 bridgehead atoms. The molecule has 0 saturated carbocycles. The molecule has 0 amide bonds. The van der Waals surface area contributed by atoms with E-state index < -0.39 is 0 Å². The van der Waals surface area contributed by atoms with Crippen LogP contribution in [-0.2, 0) is 11.3 Å². The van der Waals surface area contributed by atoms with Crippen molar-refractivity contribution in [3.05, 3.63) is 46.2 Å². The molecule has 1 aromatic carbocycles. The summed E-state index contributed by atoms with van der Waals surface area (Å²) in [6.45, 7) is 4.40. The van der Waals surface area contributed by atoms with Gasteiger partial charge in [0.05, 0.1) is 12.3 Å². The smallest absolute Gasteiger partial charge is 0.350 e. The Morgan fingerprint density at radius 3 is 2.75 bits per heavy atom. The Kier molecular flexibility index (Phi) is 4.68. The van der Waals surface area contributed by atoms with Crippen LogP contribution in [0.5, 0.6) is 0 Å². The van der Waals surface area contributed by atoms with Gasteiger partial charge in [0, 0.05) is 6.54 Å². The third-order valence-electron chi connectivity index (χ3n) is 2.61. The minimum atomic E-state index is -0.350. The fourth-order valence-corrected chi connectivity index (χ4v) is 2.49. The molecule has 0 aliphatic carbocycles. The molecule has 0 aliphatic heterocycles. The van der Waals surface area contributed by atoms with E-state index in [0.29, 0.717) is 28.9 Å². The number of nitrogens with one attached hydrogen (secondary N) is 1. The van der Waals surface area contributed by atoms with Crippen LogP contribution in [0.15, 0.2) is 24.3 Å². The van der Waals surface area contributed by atoms with E-state index in [9.17, 15) is 9.18 Å². The van der Waals surface area contributed by atoms with Crippen molar-refractivity contribution in [1.29, 1.82) is 0 Å². The highest BCUT2D eigenvalue weighted by molar-refractivity contribution is 7.17. The van der Waals surface area contributed by atoms with Crippen molar-refractivity contribution < 1.29 is 13.9 Å². The van der Waals surface area contributed by atoms with Crippen molar-refractivity contribution in [2.24, 2.45) is 0 Å². The maximum Gasteiger partial charge on any atom is 0.350 e. The van der Waals surface area contributed by atoms with Crippen molar-refractivity contribution in [1.82, 2.24) is 4.98 Å². The van der Waals surface area contributed by atoms with Gasteiger partial charge in [-0.25, -0.2) is 14.2 Å². The number of hydrogen-bond donors (Lipinski definition) is 1. The SMILES string of the molecule is CCOC(=O)c1sc(NCc2ccc(F)cc2)nc1C. The van der Waals surface area contributed by atoms with Crippen LogP contribution in [0.4, 0.5) is 9.52 Å². The highest BCUT2D eigenvalue weighted by Crippen LogP contribution is 2.23. The molecule has 0 atom stereocenters. The number of carbonyl (C=O) groups excluding carboxylic acids is 1. The molecule has 20 heavy (non-hydrogen) atoms. The molecule has 1 N–H and O–H groups in total. The number of aromatic nitrogens is 1. The predicted molar refractivity (Wildman–Crippen MR) is 76.5 cm³/mol. The highest BCUT2D eigenvalue weighted by atomic mass is 32.1. The Morgan fingerprint density at radius 1 is 1.40 bits per heavy atom. The first-order chi connectivity index (χ1) is 9.60. The van der Waals surface area contributed by atoms with E-state index in [1.165, 1.54) is 23.5 Å². The first-order valence-corrected chi connectivity index (χ1v) is 7.04. The molecule has 1 aromatic heterocycles. The molecule has 106 valence electrons. The lowest BCUT2D eigenvalue weighted by atomic mass is 10.2. The number of thiazole rings is 1. The molecular weight excluding hydrogens is 279 g/mol. The van der Waals surface area contributed by atoms with Gasteiger partial charge in [-0.3, -0.25) is 0 Å². The summed E-state index contributed by atoms with van der Waals surface area (Å²) >= 11 is 1.26. The molecule has 1 heterocycles. The van der Waals surface area contributed by atoms with Crippen LogP contribution in [0.3, 0.4) is 0 Å². The van der Waals surface area contributed by atoms with Crippen molar-refractivity contribution in [2.75, 3.05) is 11.9 Å². The van der Waals surface area contributed by atoms with Crippen LogP contribution < -0.4 is 5.32 Å². The van der Waals surface area contributed by atoms with Crippen LogP contribution >= 0.6 is 11.3 Å². The largest absolute Gasteiger partial charge is 0.462 e. The van der Waals surface area contributed by atoms with Gasteiger partial charge in [0.1, 0.15) is 10.7 Å². The lowest BCUT2D eigenvalue weighted by Gasteiger charge is -2.02. The molecule has 0 spiro atoms. The van der Waals surface area contributed by atoms with E-state index in [2.05, 4.69) is 10.3 Å². The van der Waals surface area contributed by atoms with Crippen molar-refractivity contribution in [3.63, 3.8) is 0 Å². The fraction of sp³-hybridized carbons (Fsp3) is 0.286. The van der Waals surface area contributed by atoms with Gasteiger partial charge in [0.25, 0.3) is 0 Å². The maximum atomic E-state index is 12.8. The molecule has 4 nitrogen and oxygen atoms in total. The first kappa shape index (κ1) is 14.5. The van der Waals surface area contributed by atoms with Crippen molar-refractivity contribution in [3.8, 4) is 0 Å². The van der Waals surface area contributed by atoms with Gasteiger partial charge in [-0.15, -0.1) is 0 Å². The van der Waals surface area contributed by atoms with Gasteiger partial charge in [-0.05, 0) is 31.5 Å². The zero-order chi connectivity index (χ0) is 14.5. The summed E-state index contributed by atoms with van der Waals surface area (Å²) in [4.78, 5) is 16.5. The third-order valence-corrected chi connectivity index (χ3v) is 3.71. The number of ether oxygens (including phenoxy) is 1. The van der Waals surface area contributed by atoms with E-state index in [1.54, 1.807) is 26.0 Å². The third kappa shape index (κ3) is 3.54. The first-order valence-electron chi connectivity index (χ1n) is 6.23. The number of benzene rings is 1. The van der Waals surface area contributed by atoms with Gasteiger partial charge in [-0.1, -0.05) is 23.5 Å². The summed E-state index contributed by atoms with van der Waals surface area (Å²) in [5.41, 5.74) is 1.59. The van der Waals surface area contributed by atoms with Gasteiger partial charge in [0.2, 0.25) is 0 Å². The zero-order valence-corrected chi connectivity index (χ0v) is 12.1. The summed E-state index contributed by atoms with van der Waals surface area (Å²) in [7, 11) is 0. The van der Waals surface area contributed by atoms with E-state index in [1.807, 2.05) is 0 Å². The molecule has 0 fully saturated rings. The molecule has 0 unspecified atom stereocenters. The number of carbonyl (C=O) groups is 1. The van der Waals surface area contributed by atoms with E-state index in [0.717, 1.165) is 5.56 Å². The second-order valence-corrected chi connectivity index (χ2v) is 5.13. The summed E-state index contributed by atoms with van der Waals surface area (Å²) in [5.74, 6) is -0.610. The lowest BCUT2D eigenvalue weighted by Crippen LogP contribution is -2.03. The number of aryl methyl sites for hydroxylation is 1. The van der Waals surface area contributed by atoms with Crippen LogP contribution in [0.25, 0.3) is 0 Å². The maximum absolute atomic E-state index is 12.8. The molecule has 0 radical (unpaired) electrons. The van der Waals surface area contributed by atoms with E-state index >= 15 is 0 Å². The number of nitrogens with zero attached hydrogens (tertiary/aromatic N) is 1. The van der Waals surface area contributed by atoms with Gasteiger partial charge in [0.15, 0.2) is 5.13 Å². The Labute approximate surface area is 120 Å². The van der Waals surface area contributed by atoms with Gasteiger partial charge >= 0.3 is 5.97 Å². The number of rotatable bonds is 5. The quantitative estimate of drug-likeness (QED) is 0.859. The fourth-order valence-electron chi connectivity index (χ4n) is 1.64. The van der Waals surface area contributed by atoms with Crippen molar-refractivity contribution >= 4 is 22.4 Å². The molecule has 2 aromatic rings. The second kappa shape index (κ2) is 6.47. The van der Waals surface area contributed by atoms with E-state index in [-0.39, 0.29) is 11.8 Å². The topological polar surface area (TPSA) is 51.2 Å². The molecule has 0 saturated heterocycles. The predicted octanol–water partition coefficient (Wildman–Crippen LogP) is 3.38. The summed E-state index contributed by atoms with van der Waals surface area (Å²) < 4.78 is 17.7. The summed E-state index contributed by atoms with van der Waals surface area (Å²) in [6.07, 6.45) is 0. The molecular formula is C14H15FN2O2S. The van der Waals surface area contributed by atoms with Crippen LogP contribution in [0.1, 0.15) is 27.9 Å². The zero-order valence-electron chi connectivity index (χ0n) is 11.3. The van der Waals surface area contributed by atoms with Gasteiger partial charge in [-0.2, -0.15) is 0 Å². The standard InChI is InChI=1S/C14H15FN2O2S/c1-3-19-13(18)12-9(2)17-14(20-12)16-8-10-4-6-11(15)7-5-10/h4-7H,3,8H2,1-2H3,(H,16,17). The minimum absolute atomic E-state index is 0.261. The van der Waals surface area contributed by atoms with Crippen LogP contribution in [-0.4, -0.2) is 17.6 Å². The number of esters is 1. The lowest BCUT2D eigenvalue weighted by molar-refractivity contribution is 0.0531. The Bertz CT molecular complexity index is 596. The van der Waals surface area contributed by atoms with Crippen molar-refractivity contribution in [2.45, 2.75) is 20.4 Å². The molecule has 0 aliphatic rings. The van der Waals surface area contributed by atoms with Crippen LogP contribution in [0.2, 0.25) is 0 Å². The molecule has 2 rings (SSSR count). The number of hydrogen-bond acceptors (Lipinski definition) is 5. The average Bonchev–Trinajstić information content (AvgIpc) is 2.80. The van der Waals surface area contributed by atoms with Gasteiger partial charge < -0.3 is 10.1 Å². The number of halogens is 1. The molecule has 6 heteroatoms. The minimum Gasteiger partial charge on any atom is -0.462 e. The Balaban J connectivity index is 2.01. The Hall–Kier alpha value is -1.95. The summed E-state index contributed by atoms with van der Waals surface area (Å²) in [5, 5.41) is 3.76.